The summed E-state index contributed by atoms with van der Waals surface area (Å²) in [6, 6.07) is 13.2. The average molecular weight is 400 g/mol. The van der Waals surface area contributed by atoms with E-state index in [2.05, 4.69) is 26.3 Å². The Morgan fingerprint density at radius 1 is 1.27 bits per heavy atom. The lowest BCUT2D eigenvalue weighted by Gasteiger charge is -2.38. The highest BCUT2D eigenvalue weighted by Gasteiger charge is 2.26. The van der Waals surface area contributed by atoms with Gasteiger partial charge >= 0.3 is 0 Å². The quantitative estimate of drug-likeness (QED) is 0.648. The van der Waals surface area contributed by atoms with Gasteiger partial charge in [-0.25, -0.2) is 9.97 Å². The molecule has 3 aromatic rings. The number of nitrogens with one attached hydrogen (secondary N) is 1. The number of ketones is 1. The Hall–Kier alpha value is -3.83. The molecule has 0 atom stereocenters. The van der Waals surface area contributed by atoms with Crippen molar-refractivity contribution in [2.75, 3.05) is 23.3 Å². The highest BCUT2D eigenvalue weighted by Crippen LogP contribution is 2.29. The van der Waals surface area contributed by atoms with Crippen LogP contribution in [0, 0.1) is 11.3 Å². The summed E-state index contributed by atoms with van der Waals surface area (Å²) >= 11 is 0. The fraction of sp³-hybridized carbons (Fsp3) is 0.227. The molecule has 3 heterocycles. The maximum absolute atomic E-state index is 11.2. The van der Waals surface area contributed by atoms with Gasteiger partial charge in [-0.2, -0.15) is 5.26 Å². The highest BCUT2D eigenvalue weighted by atomic mass is 16.3. The van der Waals surface area contributed by atoms with Crippen LogP contribution in [0.3, 0.4) is 0 Å². The van der Waals surface area contributed by atoms with Crippen molar-refractivity contribution in [3.63, 3.8) is 0 Å². The van der Waals surface area contributed by atoms with E-state index in [1.807, 2.05) is 23.1 Å². The zero-order valence-electron chi connectivity index (χ0n) is 16.4. The molecule has 1 aromatic carbocycles. The van der Waals surface area contributed by atoms with Gasteiger partial charge in [0.1, 0.15) is 11.9 Å². The number of benzene rings is 1. The zero-order chi connectivity index (χ0) is 21.1. The number of Topliss-reactive ketones (excluding diaryl/α,β-unsaturated/α-hetero) is 1. The van der Waals surface area contributed by atoms with Crippen LogP contribution in [0.2, 0.25) is 0 Å². The molecule has 1 aliphatic heterocycles. The van der Waals surface area contributed by atoms with Crippen molar-refractivity contribution >= 4 is 23.1 Å². The van der Waals surface area contributed by atoms with E-state index in [9.17, 15) is 15.2 Å². The molecular weight excluding hydrogens is 380 g/mol. The Labute approximate surface area is 173 Å². The number of carbonyl (C=O) groups excluding carboxylic acids is 1. The molecule has 2 N–H and O–H groups in total. The van der Waals surface area contributed by atoms with Crippen LogP contribution in [-0.2, 0) is 11.2 Å². The third kappa shape index (κ3) is 4.26. The molecule has 1 aliphatic rings. The Morgan fingerprint density at radius 3 is 2.77 bits per heavy atom. The summed E-state index contributed by atoms with van der Waals surface area (Å²) in [5, 5.41) is 22.2. The summed E-state index contributed by atoms with van der Waals surface area (Å²) in [5.74, 6) is 0.467. The predicted molar refractivity (Wildman–Crippen MR) is 112 cm³/mol. The summed E-state index contributed by atoms with van der Waals surface area (Å²) in [6.45, 7) is 2.61. The molecule has 0 spiro atoms. The van der Waals surface area contributed by atoms with Gasteiger partial charge in [0, 0.05) is 37.0 Å². The van der Waals surface area contributed by atoms with Gasteiger partial charge in [-0.1, -0.05) is 6.07 Å². The predicted octanol–water partition coefficient (Wildman–Crippen LogP) is 2.47. The van der Waals surface area contributed by atoms with Crippen LogP contribution in [0.5, 0.6) is 0 Å². The van der Waals surface area contributed by atoms with Gasteiger partial charge in [-0.05, 0) is 37.3 Å². The van der Waals surface area contributed by atoms with Gasteiger partial charge in [-0.15, -0.1) is 0 Å². The molecule has 8 heteroatoms. The van der Waals surface area contributed by atoms with Crippen molar-refractivity contribution in [2.24, 2.45) is 0 Å². The first kappa shape index (κ1) is 19.5. The lowest BCUT2D eigenvalue weighted by atomic mass is 10.0. The fourth-order valence-electron chi connectivity index (χ4n) is 3.28. The molecule has 1 fully saturated rings. The van der Waals surface area contributed by atoms with Gasteiger partial charge in [0.25, 0.3) is 0 Å². The van der Waals surface area contributed by atoms with Crippen molar-refractivity contribution in [2.45, 2.75) is 19.4 Å². The summed E-state index contributed by atoms with van der Waals surface area (Å²) in [7, 11) is 0. The topological polar surface area (TPSA) is 115 Å². The molecule has 0 unspecified atom stereocenters. The minimum Gasteiger partial charge on any atom is -0.389 e. The van der Waals surface area contributed by atoms with Crippen molar-refractivity contribution in [1.29, 1.82) is 5.26 Å². The summed E-state index contributed by atoms with van der Waals surface area (Å²) < 4.78 is 0. The van der Waals surface area contributed by atoms with Gasteiger partial charge in [0.15, 0.2) is 0 Å². The number of aliphatic hydroxyl groups is 1. The lowest BCUT2D eigenvalue weighted by molar-refractivity contribution is -0.116. The molecule has 150 valence electrons. The monoisotopic (exact) mass is 400 g/mol. The molecular formula is C22H20N6O2. The average Bonchev–Trinajstić information content (AvgIpc) is 2.72. The highest BCUT2D eigenvalue weighted by molar-refractivity contribution is 5.77. The maximum atomic E-state index is 11.2. The number of β-amino-alcohol motifs (C(OH)–C–C–N with tert-alkyl or cyclic N) is 1. The number of rotatable bonds is 6. The number of carbonyl (C=O) groups is 1. The molecule has 2 aromatic heterocycles. The third-order valence-corrected chi connectivity index (χ3v) is 4.78. The molecule has 30 heavy (non-hydrogen) atoms. The second kappa shape index (κ2) is 8.27. The number of pyridine rings is 1. The van der Waals surface area contributed by atoms with E-state index in [0.717, 1.165) is 11.3 Å². The van der Waals surface area contributed by atoms with Crippen molar-refractivity contribution in [1.82, 2.24) is 15.0 Å². The Kier molecular flexibility index (Phi) is 5.37. The molecule has 0 amide bonds. The Morgan fingerprint density at radius 2 is 2.10 bits per heavy atom. The first-order valence-corrected chi connectivity index (χ1v) is 9.54. The third-order valence-electron chi connectivity index (χ3n) is 4.78. The first-order chi connectivity index (χ1) is 14.5. The summed E-state index contributed by atoms with van der Waals surface area (Å²) in [4.78, 5) is 26.2. The normalized spacial score (nSPS) is 13.4. The molecule has 0 saturated carbocycles. The standard InChI is InChI=1S/C22H20N6O2/c1-14(29)8-17-3-4-18(11-25-17)26-22-24-7-6-20(27-22)15-2-5-21(16(9-15)10-23)28-12-19(30)13-28/h2-7,9,11,19,30H,8,12-13H2,1H3,(H,24,26,27). The molecule has 0 aliphatic carbocycles. The number of aliphatic hydroxyl groups excluding tert-OH is 1. The van der Waals surface area contributed by atoms with E-state index in [1.54, 1.807) is 30.6 Å². The van der Waals surface area contributed by atoms with Crippen molar-refractivity contribution in [3.05, 3.63) is 60.0 Å². The van der Waals surface area contributed by atoms with Crippen LogP contribution in [0.25, 0.3) is 11.3 Å². The van der Waals surface area contributed by atoms with Crippen molar-refractivity contribution in [3.8, 4) is 17.3 Å². The second-order valence-electron chi connectivity index (χ2n) is 7.21. The van der Waals surface area contributed by atoms with Crippen LogP contribution >= 0.6 is 0 Å². The zero-order valence-corrected chi connectivity index (χ0v) is 16.4. The van der Waals surface area contributed by atoms with Crippen LogP contribution in [0.15, 0.2) is 48.8 Å². The summed E-state index contributed by atoms with van der Waals surface area (Å²) in [6.07, 6.45) is 3.25. The van der Waals surface area contributed by atoms with Crippen LogP contribution in [0.1, 0.15) is 18.2 Å². The van der Waals surface area contributed by atoms with Gasteiger partial charge in [0.05, 0.1) is 34.9 Å². The van der Waals surface area contributed by atoms with Crippen LogP contribution in [0.4, 0.5) is 17.3 Å². The molecule has 0 radical (unpaired) electrons. The first-order valence-electron chi connectivity index (χ1n) is 9.54. The number of nitriles is 1. The van der Waals surface area contributed by atoms with Gasteiger partial charge in [-0.3, -0.25) is 9.78 Å². The van der Waals surface area contributed by atoms with Crippen LogP contribution in [-0.4, -0.2) is 45.0 Å². The number of hydrogen-bond acceptors (Lipinski definition) is 8. The van der Waals surface area contributed by atoms with E-state index < -0.39 is 0 Å². The molecule has 0 bridgehead atoms. The minimum absolute atomic E-state index is 0.0623. The SMILES string of the molecule is CC(=O)Cc1ccc(Nc2nccc(-c3ccc(N4CC(O)C4)c(C#N)c3)n2)cn1. The van der Waals surface area contributed by atoms with E-state index in [4.69, 9.17) is 0 Å². The maximum Gasteiger partial charge on any atom is 0.227 e. The van der Waals surface area contributed by atoms with E-state index >= 15 is 0 Å². The number of hydrogen-bond donors (Lipinski definition) is 2. The lowest BCUT2D eigenvalue weighted by Crippen LogP contribution is -2.51. The second-order valence-corrected chi connectivity index (χ2v) is 7.21. The number of aromatic nitrogens is 3. The Balaban J connectivity index is 1.53. The molecule has 1 saturated heterocycles. The fourth-order valence-corrected chi connectivity index (χ4v) is 3.28. The Bertz CT molecular complexity index is 1120. The van der Waals surface area contributed by atoms with Gasteiger partial charge in [0.2, 0.25) is 5.95 Å². The van der Waals surface area contributed by atoms with E-state index in [1.165, 1.54) is 6.92 Å². The summed E-state index contributed by atoms with van der Waals surface area (Å²) in [5.41, 5.74) is 4.26. The van der Waals surface area contributed by atoms with E-state index in [-0.39, 0.29) is 11.9 Å². The van der Waals surface area contributed by atoms with Crippen LogP contribution < -0.4 is 10.2 Å². The molecule has 4 rings (SSSR count). The number of nitrogens with zero attached hydrogens (tertiary/aromatic N) is 5. The van der Waals surface area contributed by atoms with Gasteiger partial charge < -0.3 is 15.3 Å². The van der Waals surface area contributed by atoms with E-state index in [0.29, 0.717) is 48.1 Å². The van der Waals surface area contributed by atoms with Crippen molar-refractivity contribution < 1.29 is 9.90 Å². The largest absolute Gasteiger partial charge is 0.389 e. The molecule has 8 nitrogen and oxygen atoms in total. The minimum atomic E-state index is -0.335. The smallest absolute Gasteiger partial charge is 0.227 e. The number of anilines is 3.